The lowest BCUT2D eigenvalue weighted by Crippen LogP contribution is -2.12. The van der Waals surface area contributed by atoms with Crippen molar-refractivity contribution >= 4 is 16.7 Å². The maximum absolute atomic E-state index is 11.2. The summed E-state index contributed by atoms with van der Waals surface area (Å²) in [6.45, 7) is 0. The Kier molecular flexibility index (Phi) is 2.63. The van der Waals surface area contributed by atoms with Crippen molar-refractivity contribution in [3.05, 3.63) is 42.1 Å². The minimum atomic E-state index is 0.417. The average Bonchev–Trinajstić information content (AvgIpc) is 2.39. The molecule has 0 bridgehead atoms. The van der Waals surface area contributed by atoms with E-state index < -0.39 is 0 Å². The highest BCUT2D eigenvalue weighted by molar-refractivity contribution is 5.80. The lowest BCUT2D eigenvalue weighted by atomic mass is 9.83. The average molecular weight is 225 g/mol. The first-order chi connectivity index (χ1) is 8.33. The van der Waals surface area contributed by atoms with Crippen molar-refractivity contribution in [2.45, 2.75) is 31.6 Å². The van der Waals surface area contributed by atoms with E-state index in [0.29, 0.717) is 11.7 Å². The Hall–Kier alpha value is -1.70. The molecule has 1 aromatic heterocycles. The van der Waals surface area contributed by atoms with Crippen LogP contribution in [0, 0.1) is 0 Å². The van der Waals surface area contributed by atoms with Gasteiger partial charge in [0.25, 0.3) is 0 Å². The van der Waals surface area contributed by atoms with Gasteiger partial charge in [-0.3, -0.25) is 9.78 Å². The Morgan fingerprint density at radius 2 is 1.94 bits per heavy atom. The van der Waals surface area contributed by atoms with Gasteiger partial charge in [-0.15, -0.1) is 0 Å². The van der Waals surface area contributed by atoms with Gasteiger partial charge in [0, 0.05) is 24.4 Å². The Morgan fingerprint density at radius 1 is 1.12 bits per heavy atom. The van der Waals surface area contributed by atoms with Gasteiger partial charge in [0.1, 0.15) is 5.78 Å². The Bertz CT molecular complexity index is 552. The summed E-state index contributed by atoms with van der Waals surface area (Å²) in [7, 11) is 0. The number of ketones is 1. The van der Waals surface area contributed by atoms with Crippen LogP contribution in [0.3, 0.4) is 0 Å². The van der Waals surface area contributed by atoms with Crippen LogP contribution >= 0.6 is 0 Å². The molecular weight excluding hydrogens is 210 g/mol. The van der Waals surface area contributed by atoms with E-state index in [1.165, 1.54) is 10.9 Å². The third kappa shape index (κ3) is 2.07. The van der Waals surface area contributed by atoms with Gasteiger partial charge in [-0.05, 0) is 36.5 Å². The minimum absolute atomic E-state index is 0.417. The van der Waals surface area contributed by atoms with Gasteiger partial charge >= 0.3 is 0 Å². The summed E-state index contributed by atoms with van der Waals surface area (Å²) in [5.41, 5.74) is 2.39. The van der Waals surface area contributed by atoms with Gasteiger partial charge in [-0.2, -0.15) is 0 Å². The molecule has 1 heterocycles. The van der Waals surface area contributed by atoms with Crippen molar-refractivity contribution in [1.82, 2.24) is 4.98 Å². The minimum Gasteiger partial charge on any atom is -0.300 e. The molecule has 0 N–H and O–H groups in total. The van der Waals surface area contributed by atoms with Crippen molar-refractivity contribution in [3.63, 3.8) is 0 Å². The molecule has 1 aromatic carbocycles. The molecule has 0 unspecified atom stereocenters. The molecular formula is C15H15NO. The molecule has 0 amide bonds. The zero-order chi connectivity index (χ0) is 11.7. The monoisotopic (exact) mass is 225 g/mol. The molecule has 2 heteroatoms. The lowest BCUT2D eigenvalue weighted by molar-refractivity contribution is -0.120. The molecule has 0 aliphatic heterocycles. The molecule has 3 rings (SSSR count). The zero-order valence-electron chi connectivity index (χ0n) is 9.73. The van der Waals surface area contributed by atoms with Crippen LogP contribution in [0.5, 0.6) is 0 Å². The molecule has 2 nitrogen and oxygen atoms in total. The summed E-state index contributed by atoms with van der Waals surface area (Å²) in [6, 6.07) is 10.5. The van der Waals surface area contributed by atoms with Crippen LogP contribution in [-0.2, 0) is 4.79 Å². The number of hydrogen-bond acceptors (Lipinski definition) is 2. The number of nitrogens with zero attached hydrogens (tertiary/aromatic N) is 1. The Morgan fingerprint density at radius 3 is 2.76 bits per heavy atom. The van der Waals surface area contributed by atoms with E-state index in [4.69, 9.17) is 0 Å². The van der Waals surface area contributed by atoms with E-state index >= 15 is 0 Å². The normalized spacial score (nSPS) is 17.5. The number of benzene rings is 1. The number of fused-ring (bicyclic) bond motifs is 1. The van der Waals surface area contributed by atoms with Crippen molar-refractivity contribution < 1.29 is 4.79 Å². The van der Waals surface area contributed by atoms with Crippen LogP contribution in [0.15, 0.2) is 36.5 Å². The SMILES string of the molecule is O=C1CCC(c2ccc3cccnc3c2)CC1. The van der Waals surface area contributed by atoms with Crippen molar-refractivity contribution in [2.75, 3.05) is 0 Å². The van der Waals surface area contributed by atoms with Gasteiger partial charge in [0.05, 0.1) is 5.52 Å². The second-order valence-electron chi connectivity index (χ2n) is 4.77. The number of carbonyl (C=O) groups excluding carboxylic acids is 1. The van der Waals surface area contributed by atoms with E-state index in [0.717, 1.165) is 31.2 Å². The Labute approximate surface area is 101 Å². The molecule has 0 spiro atoms. The zero-order valence-corrected chi connectivity index (χ0v) is 9.73. The topological polar surface area (TPSA) is 30.0 Å². The smallest absolute Gasteiger partial charge is 0.132 e. The van der Waals surface area contributed by atoms with E-state index in [1.807, 2.05) is 12.3 Å². The first kappa shape index (κ1) is 10.5. The summed E-state index contributed by atoms with van der Waals surface area (Å²) in [5.74, 6) is 0.958. The molecule has 2 aromatic rings. The van der Waals surface area contributed by atoms with Crippen LogP contribution < -0.4 is 0 Å². The van der Waals surface area contributed by atoms with E-state index in [2.05, 4.69) is 29.2 Å². The third-order valence-corrected chi connectivity index (χ3v) is 3.64. The standard InChI is InChI=1S/C15H15NO/c17-14-7-5-11(6-8-14)13-4-3-12-2-1-9-16-15(12)10-13/h1-4,9-11H,5-8H2. The number of pyridine rings is 1. The molecule has 17 heavy (non-hydrogen) atoms. The summed E-state index contributed by atoms with van der Waals surface area (Å²) in [6.07, 6.45) is 5.31. The van der Waals surface area contributed by atoms with Gasteiger partial charge < -0.3 is 0 Å². The van der Waals surface area contributed by atoms with Crippen LogP contribution in [0.4, 0.5) is 0 Å². The number of aromatic nitrogens is 1. The van der Waals surface area contributed by atoms with Gasteiger partial charge in [-0.1, -0.05) is 18.2 Å². The van der Waals surface area contributed by atoms with Crippen molar-refractivity contribution in [1.29, 1.82) is 0 Å². The molecule has 0 radical (unpaired) electrons. The molecule has 0 atom stereocenters. The van der Waals surface area contributed by atoms with Crippen LogP contribution in [-0.4, -0.2) is 10.8 Å². The number of carbonyl (C=O) groups is 1. The second-order valence-corrected chi connectivity index (χ2v) is 4.77. The van der Waals surface area contributed by atoms with E-state index in [-0.39, 0.29) is 0 Å². The van der Waals surface area contributed by atoms with Gasteiger partial charge in [-0.25, -0.2) is 0 Å². The number of rotatable bonds is 1. The van der Waals surface area contributed by atoms with E-state index in [1.54, 1.807) is 0 Å². The fourth-order valence-electron chi connectivity index (χ4n) is 2.61. The molecule has 1 aliphatic carbocycles. The summed E-state index contributed by atoms with van der Waals surface area (Å²) in [5, 5.41) is 1.18. The Balaban J connectivity index is 1.92. The van der Waals surface area contributed by atoms with E-state index in [9.17, 15) is 4.79 Å². The molecule has 1 fully saturated rings. The fraction of sp³-hybridized carbons (Fsp3) is 0.333. The largest absolute Gasteiger partial charge is 0.300 e. The fourth-order valence-corrected chi connectivity index (χ4v) is 2.61. The predicted molar refractivity (Wildman–Crippen MR) is 68.0 cm³/mol. The van der Waals surface area contributed by atoms with Crippen LogP contribution in [0.25, 0.3) is 10.9 Å². The summed E-state index contributed by atoms with van der Waals surface area (Å²) in [4.78, 5) is 15.6. The maximum atomic E-state index is 11.2. The highest BCUT2D eigenvalue weighted by Gasteiger charge is 2.20. The highest BCUT2D eigenvalue weighted by atomic mass is 16.1. The first-order valence-corrected chi connectivity index (χ1v) is 6.19. The molecule has 86 valence electrons. The van der Waals surface area contributed by atoms with Crippen LogP contribution in [0.1, 0.15) is 37.2 Å². The second kappa shape index (κ2) is 4.28. The summed E-state index contributed by atoms with van der Waals surface area (Å²) < 4.78 is 0. The third-order valence-electron chi connectivity index (χ3n) is 3.64. The lowest BCUT2D eigenvalue weighted by Gasteiger charge is -2.21. The molecule has 1 saturated carbocycles. The van der Waals surface area contributed by atoms with Crippen LogP contribution in [0.2, 0.25) is 0 Å². The maximum Gasteiger partial charge on any atom is 0.132 e. The van der Waals surface area contributed by atoms with Crippen molar-refractivity contribution in [3.8, 4) is 0 Å². The predicted octanol–water partition coefficient (Wildman–Crippen LogP) is 3.46. The highest BCUT2D eigenvalue weighted by Crippen LogP contribution is 2.32. The molecule has 0 saturated heterocycles. The number of hydrogen-bond donors (Lipinski definition) is 0. The van der Waals surface area contributed by atoms with Gasteiger partial charge in [0.15, 0.2) is 0 Å². The quantitative estimate of drug-likeness (QED) is 0.744. The first-order valence-electron chi connectivity index (χ1n) is 6.19. The molecule has 1 aliphatic rings. The summed E-state index contributed by atoms with van der Waals surface area (Å²) >= 11 is 0. The van der Waals surface area contributed by atoms with Crippen molar-refractivity contribution in [2.24, 2.45) is 0 Å². The number of Topliss-reactive ketones (excluding diaryl/α,β-unsaturated/α-hetero) is 1. The van der Waals surface area contributed by atoms with Gasteiger partial charge in [0.2, 0.25) is 0 Å².